The molecule has 1 aromatic heterocycles. The Bertz CT molecular complexity index is 982. The van der Waals surface area contributed by atoms with Gasteiger partial charge in [-0.3, -0.25) is 14.6 Å². The van der Waals surface area contributed by atoms with E-state index in [9.17, 15) is 14.7 Å². The fourth-order valence-corrected chi connectivity index (χ4v) is 3.91. The molecule has 33 heavy (non-hydrogen) atoms. The van der Waals surface area contributed by atoms with Gasteiger partial charge in [-0.15, -0.1) is 0 Å². The van der Waals surface area contributed by atoms with Crippen LogP contribution in [0.2, 0.25) is 0 Å². The second-order valence-electron chi connectivity index (χ2n) is 8.53. The van der Waals surface area contributed by atoms with Gasteiger partial charge in [-0.1, -0.05) is 33.8 Å². The van der Waals surface area contributed by atoms with Crippen molar-refractivity contribution in [3.05, 3.63) is 65.5 Å². The summed E-state index contributed by atoms with van der Waals surface area (Å²) >= 11 is 0. The van der Waals surface area contributed by atoms with Gasteiger partial charge in [0.05, 0.1) is 18.2 Å². The fourth-order valence-electron chi connectivity index (χ4n) is 3.91. The smallest absolute Gasteiger partial charge is 0.295 e. The van der Waals surface area contributed by atoms with Gasteiger partial charge < -0.3 is 19.6 Å². The molecule has 1 atom stereocenters. The van der Waals surface area contributed by atoms with Gasteiger partial charge in [-0.05, 0) is 54.9 Å². The first kappa shape index (κ1) is 24.5. The van der Waals surface area contributed by atoms with Crippen LogP contribution >= 0.6 is 0 Å². The van der Waals surface area contributed by atoms with E-state index in [1.54, 1.807) is 47.6 Å². The average molecular weight is 452 g/mol. The van der Waals surface area contributed by atoms with E-state index in [1.165, 1.54) is 0 Å². The number of aromatic nitrogens is 1. The number of aliphatic hydroxyl groups excluding tert-OH is 1. The van der Waals surface area contributed by atoms with Crippen LogP contribution in [0.1, 0.15) is 44.9 Å². The molecular weight excluding hydrogens is 418 g/mol. The largest absolute Gasteiger partial charge is 0.507 e. The Labute approximate surface area is 195 Å². The van der Waals surface area contributed by atoms with Crippen molar-refractivity contribution in [2.75, 3.05) is 32.8 Å². The fraction of sp³-hybridized carbons (Fsp3) is 0.423. The van der Waals surface area contributed by atoms with E-state index in [0.717, 1.165) is 13.1 Å². The van der Waals surface area contributed by atoms with Gasteiger partial charge in [0.15, 0.2) is 0 Å². The van der Waals surface area contributed by atoms with E-state index < -0.39 is 17.7 Å². The maximum Gasteiger partial charge on any atom is 0.295 e. The van der Waals surface area contributed by atoms with Crippen LogP contribution in [0.5, 0.6) is 5.75 Å². The van der Waals surface area contributed by atoms with Crippen LogP contribution in [-0.4, -0.2) is 64.4 Å². The summed E-state index contributed by atoms with van der Waals surface area (Å²) in [6.45, 7) is 11.6. The average Bonchev–Trinajstić information content (AvgIpc) is 3.08. The molecule has 0 spiro atoms. The molecule has 2 heterocycles. The Balaban J connectivity index is 1.98. The molecule has 0 unspecified atom stereocenters. The number of carbonyl (C=O) groups excluding carboxylic acids is 2. The molecule has 1 N–H and O–H groups in total. The molecule has 3 rings (SSSR count). The standard InChI is InChI=1S/C26H33N3O4/c1-5-28(6-2)14-15-29-23(20-8-7-13-27-16-20)22(25(31)26(29)32)24(30)19-9-11-21(12-10-19)33-17-18(3)4/h7-13,16,18,23,30H,5-6,14-15,17H2,1-4H3/t23-/m1/s1. The van der Waals surface area contributed by atoms with Crippen LogP contribution in [0.15, 0.2) is 54.4 Å². The molecule has 176 valence electrons. The number of hydrogen-bond donors (Lipinski definition) is 1. The summed E-state index contributed by atoms with van der Waals surface area (Å²) in [7, 11) is 0. The van der Waals surface area contributed by atoms with Crippen molar-refractivity contribution in [2.24, 2.45) is 5.92 Å². The third-order valence-corrected chi connectivity index (χ3v) is 5.80. The summed E-state index contributed by atoms with van der Waals surface area (Å²) in [4.78, 5) is 34.0. The number of Topliss-reactive ketones (excluding diaryl/α,β-unsaturated/α-hetero) is 1. The molecule has 0 radical (unpaired) electrons. The predicted octanol–water partition coefficient (Wildman–Crippen LogP) is 3.88. The Morgan fingerprint density at radius 1 is 1.15 bits per heavy atom. The lowest BCUT2D eigenvalue weighted by Gasteiger charge is -2.28. The topological polar surface area (TPSA) is 83.0 Å². The summed E-state index contributed by atoms with van der Waals surface area (Å²) in [5.74, 6) is -0.396. The maximum absolute atomic E-state index is 13.1. The van der Waals surface area contributed by atoms with Gasteiger partial charge in [0, 0.05) is 31.0 Å². The highest BCUT2D eigenvalue weighted by Gasteiger charge is 2.46. The lowest BCUT2D eigenvalue weighted by atomic mass is 9.96. The molecule has 7 heteroatoms. The zero-order valence-corrected chi connectivity index (χ0v) is 19.8. The molecule has 1 amide bonds. The monoisotopic (exact) mass is 451 g/mol. The van der Waals surface area contributed by atoms with E-state index in [0.29, 0.717) is 42.5 Å². The number of ether oxygens (including phenoxy) is 1. The first-order chi connectivity index (χ1) is 15.9. The Morgan fingerprint density at radius 3 is 2.42 bits per heavy atom. The maximum atomic E-state index is 13.1. The number of pyridine rings is 1. The van der Waals surface area contributed by atoms with Gasteiger partial charge in [-0.2, -0.15) is 0 Å². The number of carbonyl (C=O) groups is 2. The highest BCUT2D eigenvalue weighted by Crippen LogP contribution is 2.39. The number of likely N-dealkylation sites (N-methyl/N-ethyl adjacent to an activating group) is 1. The summed E-state index contributed by atoms with van der Waals surface area (Å²) < 4.78 is 5.71. The molecule has 1 aliphatic rings. The minimum atomic E-state index is -0.689. The van der Waals surface area contributed by atoms with Crippen LogP contribution in [0.3, 0.4) is 0 Å². The molecule has 0 aliphatic carbocycles. The minimum absolute atomic E-state index is 0.0865. The van der Waals surface area contributed by atoms with Gasteiger partial charge in [-0.25, -0.2) is 0 Å². The van der Waals surface area contributed by atoms with E-state index in [2.05, 4.69) is 37.6 Å². The SMILES string of the molecule is CCN(CC)CCN1C(=O)C(=O)C(=C(O)c2ccc(OCC(C)C)cc2)[C@H]1c1cccnc1. The number of amides is 1. The van der Waals surface area contributed by atoms with Crippen molar-refractivity contribution in [1.29, 1.82) is 0 Å². The molecule has 0 bridgehead atoms. The third kappa shape index (κ3) is 5.60. The van der Waals surface area contributed by atoms with Crippen molar-refractivity contribution < 1.29 is 19.4 Å². The van der Waals surface area contributed by atoms with E-state index >= 15 is 0 Å². The lowest BCUT2D eigenvalue weighted by Crippen LogP contribution is -2.38. The number of hydrogen-bond acceptors (Lipinski definition) is 6. The van der Waals surface area contributed by atoms with Crippen molar-refractivity contribution in [3.63, 3.8) is 0 Å². The van der Waals surface area contributed by atoms with Crippen LogP contribution in [0.4, 0.5) is 0 Å². The zero-order chi connectivity index (χ0) is 24.0. The molecular formula is C26H33N3O4. The molecule has 0 saturated carbocycles. The molecule has 1 saturated heterocycles. The van der Waals surface area contributed by atoms with Crippen molar-refractivity contribution in [2.45, 2.75) is 33.7 Å². The highest BCUT2D eigenvalue weighted by molar-refractivity contribution is 6.46. The number of ketones is 1. The van der Waals surface area contributed by atoms with E-state index in [-0.39, 0.29) is 11.3 Å². The molecule has 1 fully saturated rings. The van der Waals surface area contributed by atoms with Crippen molar-refractivity contribution >= 4 is 17.4 Å². The number of benzene rings is 1. The summed E-state index contributed by atoms with van der Waals surface area (Å²) in [6.07, 6.45) is 3.28. The molecule has 1 aromatic carbocycles. The summed E-state index contributed by atoms with van der Waals surface area (Å²) in [5.41, 5.74) is 1.24. The predicted molar refractivity (Wildman–Crippen MR) is 128 cm³/mol. The van der Waals surface area contributed by atoms with Crippen molar-refractivity contribution in [3.8, 4) is 5.75 Å². The number of rotatable bonds is 10. The molecule has 1 aliphatic heterocycles. The quantitative estimate of drug-likeness (QED) is 0.335. The molecule has 7 nitrogen and oxygen atoms in total. The van der Waals surface area contributed by atoms with Gasteiger partial charge in [0.1, 0.15) is 11.5 Å². The Hall–Kier alpha value is -3.19. The first-order valence-corrected chi connectivity index (χ1v) is 11.5. The Morgan fingerprint density at radius 2 is 1.85 bits per heavy atom. The zero-order valence-electron chi connectivity index (χ0n) is 19.8. The number of aliphatic hydroxyl groups is 1. The summed E-state index contributed by atoms with van der Waals surface area (Å²) in [6, 6.07) is 9.82. The van der Waals surface area contributed by atoms with Gasteiger partial charge >= 0.3 is 0 Å². The van der Waals surface area contributed by atoms with E-state index in [4.69, 9.17) is 4.74 Å². The van der Waals surface area contributed by atoms with E-state index in [1.807, 2.05) is 6.07 Å². The number of nitrogens with zero attached hydrogens (tertiary/aromatic N) is 3. The third-order valence-electron chi connectivity index (χ3n) is 5.80. The normalized spacial score (nSPS) is 17.9. The Kier molecular flexibility index (Phi) is 8.22. The lowest BCUT2D eigenvalue weighted by molar-refractivity contribution is -0.140. The first-order valence-electron chi connectivity index (χ1n) is 11.5. The van der Waals surface area contributed by atoms with Gasteiger partial charge in [0.25, 0.3) is 11.7 Å². The second kappa shape index (κ2) is 11.1. The highest BCUT2D eigenvalue weighted by atomic mass is 16.5. The molecule has 2 aromatic rings. The van der Waals surface area contributed by atoms with Crippen LogP contribution in [0.25, 0.3) is 5.76 Å². The minimum Gasteiger partial charge on any atom is -0.507 e. The van der Waals surface area contributed by atoms with Crippen molar-refractivity contribution in [1.82, 2.24) is 14.8 Å². The van der Waals surface area contributed by atoms with Crippen LogP contribution in [-0.2, 0) is 9.59 Å². The summed E-state index contributed by atoms with van der Waals surface area (Å²) in [5, 5.41) is 11.1. The van der Waals surface area contributed by atoms with Crippen LogP contribution < -0.4 is 4.74 Å². The number of likely N-dealkylation sites (tertiary alicyclic amines) is 1. The van der Waals surface area contributed by atoms with Crippen LogP contribution in [0, 0.1) is 5.92 Å². The second-order valence-corrected chi connectivity index (χ2v) is 8.53. The van der Waals surface area contributed by atoms with Gasteiger partial charge in [0.2, 0.25) is 0 Å².